The molecule has 0 spiro atoms. The average molecular weight is 478 g/mol. The number of nitrogens with one attached hydrogen (secondary N) is 1. The van der Waals surface area contributed by atoms with E-state index in [-0.39, 0.29) is 5.69 Å². The van der Waals surface area contributed by atoms with E-state index < -0.39 is 22.3 Å². The quantitative estimate of drug-likeness (QED) is 0.578. The van der Waals surface area contributed by atoms with Crippen molar-refractivity contribution in [3.05, 3.63) is 50.8 Å². The second-order valence-electron chi connectivity index (χ2n) is 5.08. The van der Waals surface area contributed by atoms with Crippen molar-refractivity contribution in [1.82, 2.24) is 14.8 Å². The van der Waals surface area contributed by atoms with Crippen LogP contribution in [0, 0.1) is 0 Å². The predicted molar refractivity (Wildman–Crippen MR) is 93.3 cm³/mol. The fourth-order valence-electron chi connectivity index (χ4n) is 2.35. The van der Waals surface area contributed by atoms with Crippen molar-refractivity contribution in [2.45, 2.75) is 6.18 Å². The monoisotopic (exact) mass is 476 g/mol. The lowest BCUT2D eigenvalue weighted by Gasteiger charge is -2.09. The fourth-order valence-corrected chi connectivity index (χ4v) is 3.54. The summed E-state index contributed by atoms with van der Waals surface area (Å²) in [6.45, 7) is 0. The molecule has 10 heteroatoms. The Morgan fingerprint density at radius 2 is 1.96 bits per heavy atom. The molecule has 25 heavy (non-hydrogen) atoms. The first-order valence-corrected chi connectivity index (χ1v) is 8.43. The number of carbonyl (C=O) groups excluding carboxylic acids is 1. The number of alkyl halides is 3. The molecule has 0 atom stereocenters. The van der Waals surface area contributed by atoms with Gasteiger partial charge in [-0.2, -0.15) is 18.3 Å². The molecule has 2 heterocycles. The largest absolute Gasteiger partial charge is 0.436 e. The molecule has 5 nitrogen and oxygen atoms in total. The smallest absolute Gasteiger partial charge is 0.319 e. The highest BCUT2D eigenvalue weighted by molar-refractivity contribution is 9.11. The first kappa shape index (κ1) is 17.9. The molecule has 1 N–H and O–H groups in total. The summed E-state index contributed by atoms with van der Waals surface area (Å²) in [5.41, 5.74) is -0.497. The average Bonchev–Trinajstić information content (AvgIpc) is 2.85. The van der Waals surface area contributed by atoms with Crippen molar-refractivity contribution in [2.75, 3.05) is 5.32 Å². The van der Waals surface area contributed by atoms with Crippen LogP contribution in [-0.4, -0.2) is 20.7 Å². The Balaban J connectivity index is 2.02. The van der Waals surface area contributed by atoms with Crippen LogP contribution in [0.15, 0.2) is 39.4 Å². The maximum atomic E-state index is 12.9. The summed E-state index contributed by atoms with van der Waals surface area (Å²) in [5.74, 6) is -0.730. The Labute approximate surface area is 156 Å². The van der Waals surface area contributed by atoms with E-state index in [1.165, 1.54) is 7.05 Å². The molecule has 1 aromatic carbocycles. The van der Waals surface area contributed by atoms with E-state index >= 15 is 0 Å². The van der Waals surface area contributed by atoms with Gasteiger partial charge in [0.2, 0.25) is 0 Å². The van der Waals surface area contributed by atoms with Crippen LogP contribution in [0.4, 0.5) is 18.9 Å². The SMILES string of the molecule is Cn1nc(C(F)(F)F)c(Br)c1C(=O)Nc1ccc(Br)c2cccnc12. The molecule has 0 bridgehead atoms. The summed E-state index contributed by atoms with van der Waals surface area (Å²) >= 11 is 6.22. The number of aromatic nitrogens is 3. The van der Waals surface area contributed by atoms with E-state index in [0.29, 0.717) is 11.2 Å². The van der Waals surface area contributed by atoms with Gasteiger partial charge in [0, 0.05) is 23.1 Å². The van der Waals surface area contributed by atoms with E-state index in [2.05, 4.69) is 47.3 Å². The van der Waals surface area contributed by atoms with Crippen molar-refractivity contribution in [1.29, 1.82) is 0 Å². The second kappa shape index (κ2) is 6.41. The zero-order valence-corrected chi connectivity index (χ0v) is 15.7. The highest BCUT2D eigenvalue weighted by Gasteiger charge is 2.39. The molecule has 3 rings (SSSR count). The van der Waals surface area contributed by atoms with Gasteiger partial charge in [0.05, 0.1) is 15.7 Å². The summed E-state index contributed by atoms with van der Waals surface area (Å²) in [4.78, 5) is 16.7. The van der Waals surface area contributed by atoms with Gasteiger partial charge in [0.1, 0.15) is 5.69 Å². The maximum Gasteiger partial charge on any atom is 0.436 e. The lowest BCUT2D eigenvalue weighted by atomic mass is 10.2. The minimum absolute atomic E-state index is 0.237. The first-order valence-electron chi connectivity index (χ1n) is 6.84. The van der Waals surface area contributed by atoms with Crippen LogP contribution in [-0.2, 0) is 13.2 Å². The molecule has 0 radical (unpaired) electrons. The molecule has 0 aliphatic rings. The molecule has 0 unspecified atom stereocenters. The maximum absolute atomic E-state index is 12.9. The van der Waals surface area contributed by atoms with Crippen LogP contribution < -0.4 is 5.32 Å². The van der Waals surface area contributed by atoms with Crippen molar-refractivity contribution >= 4 is 54.4 Å². The number of fused-ring (bicyclic) bond motifs is 1. The van der Waals surface area contributed by atoms with Gasteiger partial charge in [-0.1, -0.05) is 22.0 Å². The number of anilines is 1. The number of amides is 1. The first-order chi connectivity index (χ1) is 11.7. The molecule has 0 saturated carbocycles. The number of pyridine rings is 1. The van der Waals surface area contributed by atoms with Gasteiger partial charge in [-0.25, -0.2) is 0 Å². The molecule has 0 aliphatic heterocycles. The van der Waals surface area contributed by atoms with Crippen molar-refractivity contribution < 1.29 is 18.0 Å². The summed E-state index contributed by atoms with van der Waals surface area (Å²) in [6.07, 6.45) is -3.10. The van der Waals surface area contributed by atoms with Crippen molar-refractivity contribution in [2.24, 2.45) is 7.05 Å². The number of benzene rings is 1. The summed E-state index contributed by atoms with van der Waals surface area (Å²) in [7, 11) is 1.27. The number of rotatable bonds is 2. The number of hydrogen-bond acceptors (Lipinski definition) is 3. The van der Waals surface area contributed by atoms with E-state index in [1.807, 2.05) is 6.07 Å². The number of nitrogens with zero attached hydrogens (tertiary/aromatic N) is 3. The summed E-state index contributed by atoms with van der Waals surface area (Å²) < 4.78 is 40.1. The van der Waals surface area contributed by atoms with Crippen LogP contribution in [0.1, 0.15) is 16.2 Å². The number of halogens is 5. The lowest BCUT2D eigenvalue weighted by molar-refractivity contribution is -0.142. The molecule has 1 amide bonds. The van der Waals surface area contributed by atoms with E-state index in [4.69, 9.17) is 0 Å². The van der Waals surface area contributed by atoms with Crippen LogP contribution in [0.25, 0.3) is 10.9 Å². The Morgan fingerprint density at radius 1 is 1.24 bits per heavy atom. The van der Waals surface area contributed by atoms with Gasteiger partial charge >= 0.3 is 6.18 Å². The Hall–Kier alpha value is -1.94. The Bertz CT molecular complexity index is 985. The number of carbonyl (C=O) groups is 1. The highest BCUT2D eigenvalue weighted by Crippen LogP contribution is 2.36. The summed E-state index contributed by atoms with van der Waals surface area (Å²) in [5, 5.41) is 6.74. The molecule has 0 fully saturated rings. The van der Waals surface area contributed by atoms with Gasteiger partial charge in [0.25, 0.3) is 5.91 Å². The molecule has 130 valence electrons. The standard InChI is InChI=1S/C15H9Br2F3N4O/c1-24-12(10(17)13(23-24)15(18,19)20)14(25)22-9-5-4-8(16)7-3-2-6-21-11(7)9/h2-6H,1H3,(H,22,25). The van der Waals surface area contributed by atoms with Gasteiger partial charge in [-0.15, -0.1) is 0 Å². The fraction of sp³-hybridized carbons (Fsp3) is 0.133. The molecular weight excluding hydrogens is 469 g/mol. The molecule has 3 aromatic rings. The van der Waals surface area contributed by atoms with Gasteiger partial charge < -0.3 is 5.32 Å². The predicted octanol–water partition coefficient (Wildman–Crippen LogP) is 4.76. The van der Waals surface area contributed by atoms with Crippen LogP contribution in [0.2, 0.25) is 0 Å². The van der Waals surface area contributed by atoms with Gasteiger partial charge in [-0.05, 0) is 34.1 Å². The highest BCUT2D eigenvalue weighted by atomic mass is 79.9. The van der Waals surface area contributed by atoms with E-state index in [0.717, 1.165) is 14.5 Å². The van der Waals surface area contributed by atoms with Crippen LogP contribution >= 0.6 is 31.9 Å². The van der Waals surface area contributed by atoms with Gasteiger partial charge in [0.15, 0.2) is 5.69 Å². The number of aryl methyl sites for hydroxylation is 1. The zero-order valence-electron chi connectivity index (χ0n) is 12.5. The normalized spacial score (nSPS) is 11.8. The van der Waals surface area contributed by atoms with Crippen LogP contribution in [0.3, 0.4) is 0 Å². The van der Waals surface area contributed by atoms with Gasteiger partial charge in [-0.3, -0.25) is 14.5 Å². The lowest BCUT2D eigenvalue weighted by Crippen LogP contribution is -2.17. The number of hydrogen-bond donors (Lipinski definition) is 1. The Morgan fingerprint density at radius 3 is 2.60 bits per heavy atom. The minimum Gasteiger partial charge on any atom is -0.319 e. The van der Waals surface area contributed by atoms with Crippen LogP contribution in [0.5, 0.6) is 0 Å². The molecule has 0 aliphatic carbocycles. The topological polar surface area (TPSA) is 59.8 Å². The van der Waals surface area contributed by atoms with Crippen molar-refractivity contribution in [3.8, 4) is 0 Å². The minimum atomic E-state index is -4.67. The van der Waals surface area contributed by atoms with Crippen molar-refractivity contribution in [3.63, 3.8) is 0 Å². The van der Waals surface area contributed by atoms with E-state index in [1.54, 1.807) is 24.4 Å². The second-order valence-corrected chi connectivity index (χ2v) is 6.73. The Kier molecular flexibility index (Phi) is 4.58. The third kappa shape index (κ3) is 3.28. The third-order valence-corrected chi connectivity index (χ3v) is 4.88. The molecule has 2 aromatic heterocycles. The molecule has 0 saturated heterocycles. The van der Waals surface area contributed by atoms with E-state index in [9.17, 15) is 18.0 Å². The summed E-state index contributed by atoms with van der Waals surface area (Å²) in [6, 6.07) is 6.89. The zero-order chi connectivity index (χ0) is 18.4. The molecular formula is C15H9Br2F3N4O. The third-order valence-electron chi connectivity index (χ3n) is 3.44.